The van der Waals surface area contributed by atoms with Gasteiger partial charge in [0.05, 0.1) is 4.90 Å². The minimum atomic E-state index is -3.99. The highest BCUT2D eigenvalue weighted by Gasteiger charge is 2.60. The summed E-state index contributed by atoms with van der Waals surface area (Å²) in [6.07, 6.45) is 0.0106. The lowest BCUT2D eigenvalue weighted by atomic mass is 9.66. The molecule has 2 aromatic rings. The minimum Gasteiger partial charge on any atom is -0.325 e. The van der Waals surface area contributed by atoms with Gasteiger partial charge < -0.3 is 5.73 Å². The first-order chi connectivity index (χ1) is 11.1. The predicted octanol–water partition coefficient (Wildman–Crippen LogP) is 3.80. The fourth-order valence-electron chi connectivity index (χ4n) is 3.46. The first-order valence-corrected chi connectivity index (χ1v) is 9.18. The second kappa shape index (κ2) is 5.51. The standard InChI is InChI=1S/C17H16ClF2NO2S/c1-16(21)9-17(10-16,14-8-12(19)4-7-15(14)20)24(22,23)13-5-2-11(18)3-6-13/h2-8H,9-10,21H2,1H3/t16-,17-. The number of hydrogen-bond acceptors (Lipinski definition) is 3. The van der Waals surface area contributed by atoms with E-state index in [1.165, 1.54) is 24.3 Å². The van der Waals surface area contributed by atoms with E-state index in [2.05, 4.69) is 0 Å². The van der Waals surface area contributed by atoms with Crippen molar-refractivity contribution in [3.8, 4) is 0 Å². The van der Waals surface area contributed by atoms with Gasteiger partial charge in [0.25, 0.3) is 0 Å². The van der Waals surface area contributed by atoms with Crippen molar-refractivity contribution >= 4 is 21.4 Å². The van der Waals surface area contributed by atoms with Crippen LogP contribution < -0.4 is 5.73 Å². The number of sulfone groups is 1. The Balaban J connectivity index is 2.21. The summed E-state index contributed by atoms with van der Waals surface area (Å²) in [7, 11) is -3.99. The normalized spacial score (nSPS) is 26.9. The molecule has 1 aliphatic rings. The zero-order valence-electron chi connectivity index (χ0n) is 12.9. The maximum absolute atomic E-state index is 14.4. The maximum atomic E-state index is 14.4. The van der Waals surface area contributed by atoms with E-state index >= 15 is 0 Å². The Morgan fingerprint density at radius 1 is 1.08 bits per heavy atom. The Bertz CT molecular complexity index is 887. The van der Waals surface area contributed by atoms with Crippen molar-refractivity contribution < 1.29 is 17.2 Å². The van der Waals surface area contributed by atoms with Gasteiger partial charge in [-0.3, -0.25) is 0 Å². The van der Waals surface area contributed by atoms with Crippen molar-refractivity contribution in [3.05, 3.63) is 64.7 Å². The maximum Gasteiger partial charge on any atom is 0.188 e. The number of rotatable bonds is 3. The number of hydrogen-bond donors (Lipinski definition) is 1. The molecular formula is C17H16ClF2NO2S. The van der Waals surface area contributed by atoms with E-state index in [1.54, 1.807) is 6.92 Å². The summed E-state index contributed by atoms with van der Waals surface area (Å²) in [4.78, 5) is 0.00561. The smallest absolute Gasteiger partial charge is 0.188 e. The molecule has 0 aromatic heterocycles. The van der Waals surface area contributed by atoms with Crippen LogP contribution in [0, 0.1) is 11.6 Å². The molecule has 0 radical (unpaired) electrons. The average molecular weight is 372 g/mol. The highest BCUT2D eigenvalue weighted by Crippen LogP contribution is 2.55. The highest BCUT2D eigenvalue weighted by atomic mass is 35.5. The van der Waals surface area contributed by atoms with Crippen molar-refractivity contribution in [3.63, 3.8) is 0 Å². The van der Waals surface area contributed by atoms with Crippen molar-refractivity contribution in [1.29, 1.82) is 0 Å². The van der Waals surface area contributed by atoms with Gasteiger partial charge in [-0.2, -0.15) is 0 Å². The van der Waals surface area contributed by atoms with Crippen molar-refractivity contribution in [2.24, 2.45) is 5.73 Å². The summed E-state index contributed by atoms with van der Waals surface area (Å²) < 4.78 is 52.9. The third-order valence-corrected chi connectivity index (χ3v) is 7.12. The highest BCUT2D eigenvalue weighted by molar-refractivity contribution is 7.92. The SMILES string of the molecule is C[C@]1(N)C[C@](c2cc(F)ccc2F)(S(=O)(=O)c2ccc(Cl)cc2)C1. The van der Waals surface area contributed by atoms with Gasteiger partial charge >= 0.3 is 0 Å². The second-order valence-corrected chi connectivity index (χ2v) is 9.28. The molecule has 2 N–H and O–H groups in total. The Morgan fingerprint density at radius 3 is 2.21 bits per heavy atom. The van der Waals surface area contributed by atoms with Crippen molar-refractivity contribution in [1.82, 2.24) is 0 Å². The van der Waals surface area contributed by atoms with Crippen LogP contribution in [-0.2, 0) is 14.6 Å². The molecule has 3 rings (SSSR count). The monoisotopic (exact) mass is 371 g/mol. The van der Waals surface area contributed by atoms with E-state index in [9.17, 15) is 17.2 Å². The average Bonchev–Trinajstić information content (AvgIpc) is 2.47. The van der Waals surface area contributed by atoms with Crippen molar-refractivity contribution in [2.45, 2.75) is 34.9 Å². The van der Waals surface area contributed by atoms with Gasteiger partial charge in [-0.05, 0) is 62.2 Å². The van der Waals surface area contributed by atoms with Gasteiger partial charge in [0.15, 0.2) is 9.84 Å². The van der Waals surface area contributed by atoms with Gasteiger partial charge in [-0.15, -0.1) is 0 Å². The summed E-state index contributed by atoms with van der Waals surface area (Å²) in [5, 5.41) is 0.386. The van der Waals surface area contributed by atoms with Gasteiger partial charge in [0.2, 0.25) is 0 Å². The molecule has 128 valence electrons. The van der Waals surface area contributed by atoms with E-state index in [1.807, 2.05) is 0 Å². The van der Waals surface area contributed by atoms with Gasteiger partial charge in [-0.25, -0.2) is 17.2 Å². The van der Waals surface area contributed by atoms with Crippen LogP contribution in [0.5, 0.6) is 0 Å². The molecule has 24 heavy (non-hydrogen) atoms. The molecule has 2 aromatic carbocycles. The lowest BCUT2D eigenvalue weighted by Gasteiger charge is -2.52. The largest absolute Gasteiger partial charge is 0.325 e. The van der Waals surface area contributed by atoms with Crippen LogP contribution in [0.1, 0.15) is 25.3 Å². The fourth-order valence-corrected chi connectivity index (χ4v) is 6.02. The molecule has 0 saturated heterocycles. The molecule has 0 heterocycles. The Kier molecular flexibility index (Phi) is 3.98. The van der Waals surface area contributed by atoms with E-state index in [0.29, 0.717) is 5.02 Å². The van der Waals surface area contributed by atoms with E-state index < -0.39 is 31.8 Å². The third-order valence-electron chi connectivity index (χ3n) is 4.44. The molecule has 0 aliphatic heterocycles. The molecule has 3 nitrogen and oxygen atoms in total. The molecule has 1 aliphatic carbocycles. The summed E-state index contributed by atoms with van der Waals surface area (Å²) in [6.45, 7) is 1.69. The Labute approximate surface area is 144 Å². The van der Waals surface area contributed by atoms with Crippen LogP contribution in [0.15, 0.2) is 47.4 Å². The van der Waals surface area contributed by atoms with Crippen LogP contribution in [-0.4, -0.2) is 14.0 Å². The summed E-state index contributed by atoms with van der Waals surface area (Å²) in [5.41, 5.74) is 5.07. The summed E-state index contributed by atoms with van der Waals surface area (Å²) >= 11 is 5.81. The van der Waals surface area contributed by atoms with Crippen molar-refractivity contribution in [2.75, 3.05) is 0 Å². The summed E-state index contributed by atoms with van der Waals surface area (Å²) in [6, 6.07) is 8.47. The topological polar surface area (TPSA) is 60.2 Å². The summed E-state index contributed by atoms with van der Waals surface area (Å²) in [5.74, 6) is -1.45. The molecule has 7 heteroatoms. The lowest BCUT2D eigenvalue weighted by Crippen LogP contribution is -2.61. The number of halogens is 3. The van der Waals surface area contributed by atoms with E-state index in [4.69, 9.17) is 17.3 Å². The first-order valence-electron chi connectivity index (χ1n) is 7.32. The lowest BCUT2D eigenvalue weighted by molar-refractivity contribution is 0.185. The zero-order valence-corrected chi connectivity index (χ0v) is 14.5. The van der Waals surface area contributed by atoms with Crippen LogP contribution in [0.25, 0.3) is 0 Å². The molecular weight excluding hydrogens is 356 g/mol. The van der Waals surface area contributed by atoms with Gasteiger partial charge in [-0.1, -0.05) is 11.6 Å². The van der Waals surface area contributed by atoms with E-state index in [-0.39, 0.29) is 23.3 Å². The molecule has 0 amide bonds. The zero-order chi connectivity index (χ0) is 17.8. The molecule has 0 atom stereocenters. The predicted molar refractivity (Wildman–Crippen MR) is 88.5 cm³/mol. The molecule has 0 unspecified atom stereocenters. The third kappa shape index (κ3) is 2.62. The Morgan fingerprint density at radius 2 is 1.67 bits per heavy atom. The molecule has 1 saturated carbocycles. The number of nitrogens with two attached hydrogens (primary N) is 1. The van der Waals surface area contributed by atoms with E-state index in [0.717, 1.165) is 18.2 Å². The molecule has 1 fully saturated rings. The first kappa shape index (κ1) is 17.3. The van der Waals surface area contributed by atoms with Crippen LogP contribution in [0.2, 0.25) is 5.02 Å². The second-order valence-electron chi connectivity index (χ2n) is 6.58. The fraction of sp³-hybridized carbons (Fsp3) is 0.294. The Hall–Kier alpha value is -1.50. The van der Waals surface area contributed by atoms with Gasteiger partial charge in [0, 0.05) is 16.1 Å². The van der Waals surface area contributed by atoms with Crippen LogP contribution in [0.4, 0.5) is 8.78 Å². The van der Waals surface area contributed by atoms with Gasteiger partial charge in [0.1, 0.15) is 16.4 Å². The number of benzene rings is 2. The van der Waals surface area contributed by atoms with Crippen LogP contribution in [0.3, 0.4) is 0 Å². The molecule has 0 bridgehead atoms. The minimum absolute atomic E-state index is 0.00529. The van der Waals surface area contributed by atoms with Crippen LogP contribution >= 0.6 is 11.6 Å². The molecule has 0 spiro atoms. The quantitative estimate of drug-likeness (QED) is 0.892.